The summed E-state index contributed by atoms with van der Waals surface area (Å²) in [6.45, 7) is 4.30. The van der Waals surface area contributed by atoms with Crippen LogP contribution >= 0.6 is 0 Å². The SMILES string of the molecule is CCC1CCCCC1NC(C)C(=O)NC1CCCCC1. The van der Waals surface area contributed by atoms with Gasteiger partial charge in [-0.25, -0.2) is 0 Å². The van der Waals surface area contributed by atoms with Gasteiger partial charge in [0.1, 0.15) is 0 Å². The van der Waals surface area contributed by atoms with Crippen molar-refractivity contribution in [1.29, 1.82) is 0 Å². The highest BCUT2D eigenvalue weighted by Gasteiger charge is 2.27. The number of hydrogen-bond donors (Lipinski definition) is 2. The number of hydrogen-bond acceptors (Lipinski definition) is 2. The minimum absolute atomic E-state index is 0.0472. The van der Waals surface area contributed by atoms with E-state index in [1.807, 2.05) is 6.92 Å². The van der Waals surface area contributed by atoms with Gasteiger partial charge in [-0.1, -0.05) is 45.4 Å². The van der Waals surface area contributed by atoms with Gasteiger partial charge in [-0.3, -0.25) is 4.79 Å². The molecule has 2 rings (SSSR count). The van der Waals surface area contributed by atoms with Gasteiger partial charge in [0.05, 0.1) is 6.04 Å². The van der Waals surface area contributed by atoms with E-state index >= 15 is 0 Å². The molecule has 116 valence electrons. The van der Waals surface area contributed by atoms with Crippen LogP contribution in [0, 0.1) is 5.92 Å². The molecule has 0 bridgehead atoms. The lowest BCUT2D eigenvalue weighted by atomic mass is 9.82. The summed E-state index contributed by atoms with van der Waals surface area (Å²) >= 11 is 0. The van der Waals surface area contributed by atoms with Crippen molar-refractivity contribution in [3.8, 4) is 0 Å². The fourth-order valence-electron chi connectivity index (χ4n) is 3.89. The molecule has 0 heterocycles. The molecule has 0 radical (unpaired) electrons. The first-order valence-corrected chi connectivity index (χ1v) is 8.77. The van der Waals surface area contributed by atoms with E-state index in [2.05, 4.69) is 17.6 Å². The second kappa shape index (κ2) is 8.02. The predicted octanol–water partition coefficient (Wildman–Crippen LogP) is 3.38. The molecule has 2 aliphatic rings. The number of carbonyl (C=O) groups is 1. The molecule has 0 aromatic carbocycles. The largest absolute Gasteiger partial charge is 0.352 e. The topological polar surface area (TPSA) is 41.1 Å². The van der Waals surface area contributed by atoms with E-state index in [1.54, 1.807) is 0 Å². The summed E-state index contributed by atoms with van der Waals surface area (Å²) in [5.41, 5.74) is 0. The van der Waals surface area contributed by atoms with Gasteiger partial charge < -0.3 is 10.6 Å². The van der Waals surface area contributed by atoms with Crippen LogP contribution in [-0.2, 0) is 4.79 Å². The fourth-order valence-corrected chi connectivity index (χ4v) is 3.89. The van der Waals surface area contributed by atoms with E-state index in [1.165, 1.54) is 64.2 Å². The van der Waals surface area contributed by atoms with Crippen LogP contribution in [0.2, 0.25) is 0 Å². The lowest BCUT2D eigenvalue weighted by Crippen LogP contribution is -2.52. The van der Waals surface area contributed by atoms with Gasteiger partial charge in [0.15, 0.2) is 0 Å². The molecule has 2 saturated carbocycles. The van der Waals surface area contributed by atoms with Crippen LogP contribution in [0.3, 0.4) is 0 Å². The second-order valence-electron chi connectivity index (χ2n) is 6.79. The maximum absolute atomic E-state index is 12.3. The zero-order valence-electron chi connectivity index (χ0n) is 13.3. The zero-order valence-corrected chi connectivity index (χ0v) is 13.3. The summed E-state index contributed by atoms with van der Waals surface area (Å²) in [6, 6.07) is 0.920. The van der Waals surface area contributed by atoms with Crippen LogP contribution in [0.5, 0.6) is 0 Å². The molecule has 20 heavy (non-hydrogen) atoms. The first kappa shape index (κ1) is 15.8. The van der Waals surface area contributed by atoms with Crippen LogP contribution in [0.15, 0.2) is 0 Å². The number of nitrogens with one attached hydrogen (secondary N) is 2. The maximum Gasteiger partial charge on any atom is 0.237 e. The van der Waals surface area contributed by atoms with Crippen molar-refractivity contribution in [2.45, 2.75) is 96.2 Å². The molecule has 0 aromatic heterocycles. The highest BCUT2D eigenvalue weighted by molar-refractivity contribution is 5.81. The molecule has 3 heteroatoms. The van der Waals surface area contributed by atoms with Crippen molar-refractivity contribution in [1.82, 2.24) is 10.6 Å². The van der Waals surface area contributed by atoms with Crippen molar-refractivity contribution in [2.24, 2.45) is 5.92 Å². The van der Waals surface area contributed by atoms with E-state index < -0.39 is 0 Å². The van der Waals surface area contributed by atoms with Gasteiger partial charge in [-0.05, 0) is 38.5 Å². The van der Waals surface area contributed by atoms with Gasteiger partial charge in [0, 0.05) is 12.1 Å². The molecule has 2 N–H and O–H groups in total. The molecule has 2 aliphatic carbocycles. The third-order valence-electron chi connectivity index (χ3n) is 5.24. The van der Waals surface area contributed by atoms with E-state index in [-0.39, 0.29) is 11.9 Å². The summed E-state index contributed by atoms with van der Waals surface area (Å²) in [5.74, 6) is 0.964. The van der Waals surface area contributed by atoms with Crippen LogP contribution in [0.4, 0.5) is 0 Å². The van der Waals surface area contributed by atoms with Crippen LogP contribution in [0.1, 0.15) is 78.1 Å². The van der Waals surface area contributed by atoms with Crippen LogP contribution in [0.25, 0.3) is 0 Å². The lowest BCUT2D eigenvalue weighted by molar-refractivity contribution is -0.124. The van der Waals surface area contributed by atoms with Crippen molar-refractivity contribution < 1.29 is 4.79 Å². The molecule has 0 spiro atoms. The predicted molar refractivity (Wildman–Crippen MR) is 83.7 cm³/mol. The summed E-state index contributed by atoms with van der Waals surface area (Å²) < 4.78 is 0. The Kier molecular flexibility index (Phi) is 6.34. The van der Waals surface area contributed by atoms with Crippen LogP contribution < -0.4 is 10.6 Å². The van der Waals surface area contributed by atoms with Crippen molar-refractivity contribution >= 4 is 5.91 Å². The molecule has 3 unspecified atom stereocenters. The standard InChI is InChI=1S/C17H32N2O/c1-3-14-9-7-8-12-16(14)18-13(2)17(20)19-15-10-5-4-6-11-15/h13-16,18H,3-12H2,1-2H3,(H,19,20). The molecular weight excluding hydrogens is 248 g/mol. The third-order valence-corrected chi connectivity index (χ3v) is 5.24. The Labute approximate surface area is 124 Å². The normalized spacial score (nSPS) is 29.9. The Morgan fingerprint density at radius 1 is 1.05 bits per heavy atom. The molecule has 0 aliphatic heterocycles. The summed E-state index contributed by atoms with van der Waals surface area (Å²) in [7, 11) is 0. The molecule has 2 fully saturated rings. The minimum Gasteiger partial charge on any atom is -0.352 e. The Hall–Kier alpha value is -0.570. The number of amides is 1. The Balaban J connectivity index is 1.77. The maximum atomic E-state index is 12.3. The van der Waals surface area contributed by atoms with Crippen molar-refractivity contribution in [3.63, 3.8) is 0 Å². The Morgan fingerprint density at radius 2 is 1.70 bits per heavy atom. The molecule has 0 saturated heterocycles. The molecular formula is C17H32N2O. The van der Waals surface area contributed by atoms with E-state index in [0.717, 1.165) is 5.92 Å². The third kappa shape index (κ3) is 4.47. The highest BCUT2D eigenvalue weighted by Crippen LogP contribution is 2.27. The summed E-state index contributed by atoms with van der Waals surface area (Å²) in [5, 5.41) is 6.84. The smallest absolute Gasteiger partial charge is 0.237 e. The monoisotopic (exact) mass is 280 g/mol. The van der Waals surface area contributed by atoms with E-state index in [0.29, 0.717) is 12.1 Å². The van der Waals surface area contributed by atoms with Gasteiger partial charge in [0.2, 0.25) is 5.91 Å². The first-order chi connectivity index (χ1) is 9.70. The molecule has 3 nitrogen and oxygen atoms in total. The fraction of sp³-hybridized carbons (Fsp3) is 0.941. The summed E-state index contributed by atoms with van der Waals surface area (Å²) in [6.07, 6.45) is 12.7. The van der Waals surface area contributed by atoms with Gasteiger partial charge in [-0.2, -0.15) is 0 Å². The van der Waals surface area contributed by atoms with Gasteiger partial charge in [0.25, 0.3) is 0 Å². The lowest BCUT2D eigenvalue weighted by Gasteiger charge is -2.34. The average molecular weight is 280 g/mol. The Morgan fingerprint density at radius 3 is 2.40 bits per heavy atom. The van der Waals surface area contributed by atoms with Gasteiger partial charge in [-0.15, -0.1) is 0 Å². The van der Waals surface area contributed by atoms with Gasteiger partial charge >= 0.3 is 0 Å². The van der Waals surface area contributed by atoms with Crippen LogP contribution in [-0.4, -0.2) is 24.0 Å². The zero-order chi connectivity index (χ0) is 14.4. The second-order valence-corrected chi connectivity index (χ2v) is 6.79. The average Bonchev–Trinajstić information content (AvgIpc) is 2.48. The summed E-state index contributed by atoms with van der Waals surface area (Å²) in [4.78, 5) is 12.3. The molecule has 0 aromatic rings. The van der Waals surface area contributed by atoms with Crippen molar-refractivity contribution in [3.05, 3.63) is 0 Å². The van der Waals surface area contributed by atoms with Crippen molar-refractivity contribution in [2.75, 3.05) is 0 Å². The minimum atomic E-state index is -0.0472. The number of carbonyl (C=O) groups excluding carboxylic acids is 1. The van der Waals surface area contributed by atoms with E-state index in [9.17, 15) is 4.79 Å². The molecule has 3 atom stereocenters. The first-order valence-electron chi connectivity index (χ1n) is 8.77. The Bertz CT molecular complexity index is 299. The highest BCUT2D eigenvalue weighted by atomic mass is 16.2. The molecule has 1 amide bonds. The van der Waals surface area contributed by atoms with E-state index in [4.69, 9.17) is 0 Å². The number of rotatable bonds is 5. The quantitative estimate of drug-likeness (QED) is 0.810.